The summed E-state index contributed by atoms with van der Waals surface area (Å²) in [5.74, 6) is 0.0770. The fourth-order valence-corrected chi connectivity index (χ4v) is 2.13. The van der Waals surface area contributed by atoms with E-state index < -0.39 is 0 Å². The smallest absolute Gasteiger partial charge is 0.224 e. The molecule has 0 aliphatic heterocycles. The van der Waals surface area contributed by atoms with Crippen molar-refractivity contribution in [2.24, 2.45) is 0 Å². The fraction of sp³-hybridized carbons (Fsp3) is 0.312. The molecule has 0 bridgehead atoms. The number of halogens is 1. The van der Waals surface area contributed by atoms with Crippen LogP contribution in [0, 0.1) is 0 Å². The monoisotopic (exact) mass is 319 g/mol. The van der Waals surface area contributed by atoms with Gasteiger partial charge < -0.3 is 5.32 Å². The highest BCUT2D eigenvalue weighted by Gasteiger charge is 2.06. The lowest BCUT2D eigenvalue weighted by molar-refractivity contribution is -0.120. The molecule has 2 nitrogen and oxygen atoms in total. The van der Waals surface area contributed by atoms with E-state index in [0.717, 1.165) is 12.0 Å². The molecule has 1 unspecified atom stereocenters. The molecule has 0 radical (unpaired) electrons. The maximum atomic E-state index is 11.8. The summed E-state index contributed by atoms with van der Waals surface area (Å²) in [6.45, 7) is 2.78. The predicted octanol–water partition coefficient (Wildman–Crippen LogP) is 3.67. The van der Waals surface area contributed by atoms with Crippen molar-refractivity contribution in [2.45, 2.75) is 24.6 Å². The third-order valence-electron chi connectivity index (χ3n) is 3.14. The van der Waals surface area contributed by atoms with E-state index in [1.165, 1.54) is 10.8 Å². The number of hydrogen-bond acceptors (Lipinski definition) is 1. The average Bonchev–Trinajstić information content (AvgIpc) is 2.44. The second-order valence-electron chi connectivity index (χ2n) is 4.67. The number of benzene rings is 2. The SMILES string of the molecule is CCC(Br)CNC(=O)Cc1ccc2ccccc2c1. The summed E-state index contributed by atoms with van der Waals surface area (Å²) >= 11 is 3.51. The van der Waals surface area contributed by atoms with Crippen molar-refractivity contribution in [3.63, 3.8) is 0 Å². The van der Waals surface area contributed by atoms with Gasteiger partial charge in [0.05, 0.1) is 6.42 Å². The Hall–Kier alpha value is -1.35. The van der Waals surface area contributed by atoms with Crippen LogP contribution in [0.1, 0.15) is 18.9 Å². The lowest BCUT2D eigenvalue weighted by atomic mass is 10.0. The Morgan fingerprint density at radius 3 is 2.68 bits per heavy atom. The molecule has 1 N–H and O–H groups in total. The molecule has 0 saturated carbocycles. The summed E-state index contributed by atoms with van der Waals surface area (Å²) in [7, 11) is 0. The van der Waals surface area contributed by atoms with Gasteiger partial charge in [0.2, 0.25) is 5.91 Å². The van der Waals surface area contributed by atoms with Crippen LogP contribution in [0.3, 0.4) is 0 Å². The Morgan fingerprint density at radius 2 is 1.95 bits per heavy atom. The summed E-state index contributed by atoms with van der Waals surface area (Å²) in [5.41, 5.74) is 1.05. The summed E-state index contributed by atoms with van der Waals surface area (Å²) < 4.78 is 0. The molecule has 0 spiro atoms. The molecule has 3 heteroatoms. The van der Waals surface area contributed by atoms with Gasteiger partial charge in [0.1, 0.15) is 0 Å². The molecular weight excluding hydrogens is 302 g/mol. The standard InChI is InChI=1S/C16H18BrNO/c1-2-15(17)11-18-16(19)10-12-7-8-13-5-3-4-6-14(13)9-12/h3-9,15H,2,10-11H2,1H3,(H,18,19). The van der Waals surface area contributed by atoms with Crippen molar-refractivity contribution in [1.82, 2.24) is 5.32 Å². The van der Waals surface area contributed by atoms with Crippen LogP contribution in [0.15, 0.2) is 42.5 Å². The van der Waals surface area contributed by atoms with Gasteiger partial charge in [0.25, 0.3) is 0 Å². The third kappa shape index (κ3) is 4.06. The van der Waals surface area contributed by atoms with Crippen LogP contribution in [-0.4, -0.2) is 17.3 Å². The van der Waals surface area contributed by atoms with E-state index in [4.69, 9.17) is 0 Å². The van der Waals surface area contributed by atoms with Crippen molar-refractivity contribution in [1.29, 1.82) is 0 Å². The molecule has 19 heavy (non-hydrogen) atoms. The Balaban J connectivity index is 1.99. The van der Waals surface area contributed by atoms with Crippen LogP contribution in [0.25, 0.3) is 10.8 Å². The molecule has 100 valence electrons. The maximum Gasteiger partial charge on any atom is 0.224 e. The molecule has 0 heterocycles. The Kier molecular flexibility index (Phi) is 4.97. The second kappa shape index (κ2) is 6.71. The minimum atomic E-state index is 0.0770. The third-order valence-corrected chi connectivity index (χ3v) is 4.11. The zero-order valence-corrected chi connectivity index (χ0v) is 12.6. The van der Waals surface area contributed by atoms with Crippen molar-refractivity contribution < 1.29 is 4.79 Å². The van der Waals surface area contributed by atoms with Crippen molar-refractivity contribution in [3.05, 3.63) is 48.0 Å². The Morgan fingerprint density at radius 1 is 1.21 bits per heavy atom. The first-order valence-corrected chi connectivity index (χ1v) is 7.49. The molecule has 0 saturated heterocycles. The molecule has 0 aliphatic rings. The molecule has 2 aromatic carbocycles. The van der Waals surface area contributed by atoms with Gasteiger partial charge in [-0.05, 0) is 22.8 Å². The van der Waals surface area contributed by atoms with Crippen molar-refractivity contribution >= 4 is 32.6 Å². The van der Waals surface area contributed by atoms with Gasteiger partial charge in [0, 0.05) is 11.4 Å². The summed E-state index contributed by atoms with van der Waals surface area (Å²) in [6, 6.07) is 14.4. The van der Waals surface area contributed by atoms with Gasteiger partial charge in [-0.25, -0.2) is 0 Å². The summed E-state index contributed by atoms with van der Waals surface area (Å²) in [6.07, 6.45) is 1.45. The molecule has 0 fully saturated rings. The van der Waals surface area contributed by atoms with E-state index in [-0.39, 0.29) is 5.91 Å². The Labute approximate surface area is 122 Å². The van der Waals surface area contributed by atoms with Gasteiger partial charge in [-0.15, -0.1) is 0 Å². The quantitative estimate of drug-likeness (QED) is 0.837. The van der Waals surface area contributed by atoms with Crippen LogP contribution < -0.4 is 5.32 Å². The van der Waals surface area contributed by atoms with E-state index in [0.29, 0.717) is 17.8 Å². The topological polar surface area (TPSA) is 29.1 Å². The summed E-state index contributed by atoms with van der Waals surface area (Å²) in [4.78, 5) is 12.2. The summed E-state index contributed by atoms with van der Waals surface area (Å²) in [5, 5.41) is 5.33. The average molecular weight is 320 g/mol. The highest BCUT2D eigenvalue weighted by atomic mass is 79.9. The molecule has 2 aromatic rings. The number of hydrogen-bond donors (Lipinski definition) is 1. The van der Waals surface area contributed by atoms with E-state index in [1.807, 2.05) is 18.2 Å². The first-order valence-electron chi connectivity index (χ1n) is 6.57. The highest BCUT2D eigenvalue weighted by molar-refractivity contribution is 9.09. The Bertz CT molecular complexity index is 567. The number of amides is 1. The number of nitrogens with one attached hydrogen (secondary N) is 1. The molecule has 0 aromatic heterocycles. The van der Waals surface area contributed by atoms with Crippen molar-refractivity contribution in [2.75, 3.05) is 6.54 Å². The lowest BCUT2D eigenvalue weighted by Crippen LogP contribution is -2.30. The van der Waals surface area contributed by atoms with Crippen molar-refractivity contribution in [3.8, 4) is 0 Å². The predicted molar refractivity (Wildman–Crippen MR) is 83.7 cm³/mol. The normalized spacial score (nSPS) is 12.3. The lowest BCUT2D eigenvalue weighted by Gasteiger charge is -2.09. The number of rotatable bonds is 5. The van der Waals surface area contributed by atoms with Gasteiger partial charge in [-0.2, -0.15) is 0 Å². The van der Waals surface area contributed by atoms with Crippen LogP contribution in [0.4, 0.5) is 0 Å². The van der Waals surface area contributed by atoms with Gasteiger partial charge in [-0.1, -0.05) is 65.3 Å². The zero-order chi connectivity index (χ0) is 13.7. The highest BCUT2D eigenvalue weighted by Crippen LogP contribution is 2.15. The number of carbonyl (C=O) groups is 1. The fourth-order valence-electron chi connectivity index (χ4n) is 1.97. The second-order valence-corrected chi connectivity index (χ2v) is 5.96. The molecular formula is C16H18BrNO. The van der Waals surface area contributed by atoms with E-state index in [1.54, 1.807) is 0 Å². The first kappa shape index (κ1) is 14.1. The van der Waals surface area contributed by atoms with Crippen LogP contribution in [-0.2, 0) is 11.2 Å². The minimum Gasteiger partial charge on any atom is -0.355 e. The zero-order valence-electron chi connectivity index (χ0n) is 11.0. The van der Waals surface area contributed by atoms with Crippen LogP contribution in [0.2, 0.25) is 0 Å². The van der Waals surface area contributed by atoms with Gasteiger partial charge in [0.15, 0.2) is 0 Å². The first-order chi connectivity index (χ1) is 9.19. The number of fused-ring (bicyclic) bond motifs is 1. The largest absolute Gasteiger partial charge is 0.355 e. The van der Waals surface area contributed by atoms with Crippen LogP contribution in [0.5, 0.6) is 0 Å². The van der Waals surface area contributed by atoms with Gasteiger partial charge in [-0.3, -0.25) is 4.79 Å². The molecule has 0 aliphatic carbocycles. The molecule has 1 atom stereocenters. The minimum absolute atomic E-state index is 0.0770. The molecule has 1 amide bonds. The van der Waals surface area contributed by atoms with Crippen LogP contribution >= 0.6 is 15.9 Å². The maximum absolute atomic E-state index is 11.8. The number of alkyl halides is 1. The molecule has 2 rings (SSSR count). The van der Waals surface area contributed by atoms with E-state index in [9.17, 15) is 4.79 Å². The van der Waals surface area contributed by atoms with E-state index >= 15 is 0 Å². The van der Waals surface area contributed by atoms with E-state index in [2.05, 4.69) is 52.4 Å². The van der Waals surface area contributed by atoms with Gasteiger partial charge >= 0.3 is 0 Å². The number of carbonyl (C=O) groups excluding carboxylic acids is 1.